The Kier molecular flexibility index (Phi) is 5.66. The molecule has 112 valence electrons. The van der Waals surface area contributed by atoms with E-state index in [1.807, 2.05) is 0 Å². The van der Waals surface area contributed by atoms with E-state index in [0.29, 0.717) is 26.3 Å². The molecule has 1 N–H and O–H groups in total. The molecule has 0 aromatic heterocycles. The highest BCUT2D eigenvalue weighted by Crippen LogP contribution is 2.39. The topological polar surface area (TPSA) is 12.0 Å². The lowest BCUT2D eigenvalue weighted by molar-refractivity contribution is 0.624. The van der Waals surface area contributed by atoms with Crippen LogP contribution in [0.3, 0.4) is 0 Å². The minimum Gasteiger partial charge on any atom is -0.376 e. The fourth-order valence-electron chi connectivity index (χ4n) is 1.91. The smallest absolute Gasteiger partial charge is 0.142 e. The minimum absolute atomic E-state index is 0.0214. The van der Waals surface area contributed by atoms with E-state index in [1.165, 1.54) is 12.1 Å². The largest absolute Gasteiger partial charge is 0.376 e. The molecule has 0 spiro atoms. The van der Waals surface area contributed by atoms with Crippen molar-refractivity contribution in [2.24, 2.45) is 0 Å². The second kappa shape index (κ2) is 6.93. The second-order valence-electron chi connectivity index (χ2n) is 4.37. The van der Waals surface area contributed by atoms with Gasteiger partial charge in [0, 0.05) is 15.1 Å². The van der Waals surface area contributed by atoms with Gasteiger partial charge in [-0.05, 0) is 31.2 Å². The Morgan fingerprint density at radius 2 is 1.62 bits per heavy atom. The Labute approximate surface area is 150 Å². The Hall–Kier alpha value is -0.190. The maximum absolute atomic E-state index is 13.6. The van der Waals surface area contributed by atoms with Crippen LogP contribution in [0.25, 0.3) is 0 Å². The molecule has 21 heavy (non-hydrogen) atoms. The number of halogens is 6. The maximum Gasteiger partial charge on any atom is 0.142 e. The molecule has 0 aliphatic heterocycles. The summed E-state index contributed by atoms with van der Waals surface area (Å²) in [5, 5.41) is 4.33. The number of rotatable bonds is 3. The summed E-state index contributed by atoms with van der Waals surface area (Å²) in [4.78, 5) is 0. The van der Waals surface area contributed by atoms with Crippen molar-refractivity contribution in [2.75, 3.05) is 5.32 Å². The van der Waals surface area contributed by atoms with Gasteiger partial charge in [0.1, 0.15) is 5.82 Å². The number of nitrogens with one attached hydrogen (secondary N) is 1. The van der Waals surface area contributed by atoms with E-state index in [1.54, 1.807) is 19.1 Å². The van der Waals surface area contributed by atoms with E-state index >= 15 is 0 Å². The Morgan fingerprint density at radius 3 is 2.19 bits per heavy atom. The fraction of sp³-hybridized carbons (Fsp3) is 0.143. The lowest BCUT2D eigenvalue weighted by Gasteiger charge is -2.20. The van der Waals surface area contributed by atoms with Gasteiger partial charge < -0.3 is 5.32 Å². The summed E-state index contributed by atoms with van der Waals surface area (Å²) in [6.07, 6.45) is 0. The molecule has 1 atom stereocenters. The van der Waals surface area contributed by atoms with Gasteiger partial charge in [0.05, 0.1) is 26.8 Å². The van der Waals surface area contributed by atoms with Gasteiger partial charge in [-0.1, -0.05) is 62.3 Å². The van der Waals surface area contributed by atoms with Gasteiger partial charge in [0.25, 0.3) is 0 Å². The predicted molar refractivity (Wildman–Crippen MR) is 92.6 cm³/mol. The van der Waals surface area contributed by atoms with E-state index in [2.05, 4.69) is 21.2 Å². The molecule has 0 bridgehead atoms. The van der Waals surface area contributed by atoms with Crippen LogP contribution in [0.1, 0.15) is 18.5 Å². The number of hydrogen-bond donors (Lipinski definition) is 1. The first-order chi connectivity index (χ1) is 9.81. The first-order valence-electron chi connectivity index (χ1n) is 5.85. The van der Waals surface area contributed by atoms with Crippen molar-refractivity contribution in [3.8, 4) is 0 Å². The van der Waals surface area contributed by atoms with Gasteiger partial charge in [0.15, 0.2) is 0 Å². The van der Waals surface area contributed by atoms with Crippen LogP contribution < -0.4 is 5.32 Å². The normalized spacial score (nSPS) is 12.3. The average Bonchev–Trinajstić information content (AvgIpc) is 2.38. The van der Waals surface area contributed by atoms with Crippen molar-refractivity contribution in [3.63, 3.8) is 0 Å². The van der Waals surface area contributed by atoms with Gasteiger partial charge in [-0.25, -0.2) is 4.39 Å². The highest BCUT2D eigenvalue weighted by atomic mass is 79.9. The molecule has 2 aromatic rings. The predicted octanol–water partition coefficient (Wildman–Crippen LogP) is 7.37. The zero-order valence-electron chi connectivity index (χ0n) is 10.7. The summed E-state index contributed by atoms with van der Waals surface area (Å²) in [6, 6.07) is 5.72. The van der Waals surface area contributed by atoms with E-state index in [-0.39, 0.29) is 11.1 Å². The molecule has 1 nitrogen and oxygen atoms in total. The third-order valence-corrected chi connectivity index (χ3v) is 4.65. The number of anilines is 1. The van der Waals surface area contributed by atoms with Crippen LogP contribution in [-0.4, -0.2) is 0 Å². The average molecular weight is 432 g/mol. The van der Waals surface area contributed by atoms with E-state index in [4.69, 9.17) is 46.4 Å². The minimum atomic E-state index is -0.530. The van der Waals surface area contributed by atoms with Crippen LogP contribution in [0.4, 0.5) is 10.1 Å². The van der Waals surface area contributed by atoms with Crippen LogP contribution >= 0.6 is 62.3 Å². The van der Waals surface area contributed by atoms with E-state index < -0.39 is 5.82 Å². The molecule has 1 unspecified atom stereocenters. The van der Waals surface area contributed by atoms with Crippen molar-refractivity contribution < 1.29 is 4.39 Å². The van der Waals surface area contributed by atoms with Crippen molar-refractivity contribution in [3.05, 3.63) is 60.2 Å². The third kappa shape index (κ3) is 3.77. The molecule has 7 heteroatoms. The SMILES string of the molecule is CC(Nc1c(Cl)cc(Br)cc1Cl)c1c(Cl)ccc(F)c1Cl. The summed E-state index contributed by atoms with van der Waals surface area (Å²) in [5.74, 6) is -0.530. The summed E-state index contributed by atoms with van der Waals surface area (Å²) in [5.41, 5.74) is 0.985. The molecule has 0 saturated heterocycles. The Balaban J connectivity index is 2.40. The standard InChI is InChI=1S/C14H9BrCl4FN/c1-6(12-8(16)2-3-11(20)13(12)19)21-14-9(17)4-7(15)5-10(14)18/h2-6,21H,1H3. The lowest BCUT2D eigenvalue weighted by Crippen LogP contribution is -2.09. The summed E-state index contributed by atoms with van der Waals surface area (Å²) >= 11 is 27.7. The first kappa shape index (κ1) is 17.2. The lowest BCUT2D eigenvalue weighted by atomic mass is 10.1. The summed E-state index contributed by atoms with van der Waals surface area (Å²) < 4.78 is 14.4. The number of benzene rings is 2. The molecular weight excluding hydrogens is 423 g/mol. The molecule has 2 rings (SSSR count). The van der Waals surface area contributed by atoms with Crippen LogP contribution in [0, 0.1) is 5.82 Å². The van der Waals surface area contributed by atoms with E-state index in [0.717, 1.165) is 4.47 Å². The highest BCUT2D eigenvalue weighted by Gasteiger charge is 2.19. The van der Waals surface area contributed by atoms with Gasteiger partial charge in [-0.2, -0.15) is 0 Å². The maximum atomic E-state index is 13.6. The second-order valence-corrected chi connectivity index (χ2v) is 6.88. The summed E-state index contributed by atoms with van der Waals surface area (Å²) in [6.45, 7) is 1.79. The molecule has 0 aliphatic carbocycles. The van der Waals surface area contributed by atoms with Crippen LogP contribution in [0.5, 0.6) is 0 Å². The van der Waals surface area contributed by atoms with Crippen molar-refractivity contribution in [1.82, 2.24) is 0 Å². The molecule has 0 heterocycles. The van der Waals surface area contributed by atoms with Crippen LogP contribution in [0.2, 0.25) is 20.1 Å². The van der Waals surface area contributed by atoms with Crippen molar-refractivity contribution in [1.29, 1.82) is 0 Å². The zero-order chi connectivity index (χ0) is 15.7. The van der Waals surface area contributed by atoms with Crippen LogP contribution in [-0.2, 0) is 0 Å². The van der Waals surface area contributed by atoms with Crippen LogP contribution in [0.15, 0.2) is 28.7 Å². The summed E-state index contributed by atoms with van der Waals surface area (Å²) in [7, 11) is 0. The monoisotopic (exact) mass is 429 g/mol. The molecule has 2 aromatic carbocycles. The fourth-order valence-corrected chi connectivity index (χ4v) is 3.92. The van der Waals surface area contributed by atoms with E-state index in [9.17, 15) is 4.39 Å². The number of hydrogen-bond acceptors (Lipinski definition) is 1. The van der Waals surface area contributed by atoms with Gasteiger partial charge in [-0.3, -0.25) is 0 Å². The molecular formula is C14H9BrCl4FN. The first-order valence-corrected chi connectivity index (χ1v) is 8.16. The third-order valence-electron chi connectivity index (χ3n) is 2.88. The zero-order valence-corrected chi connectivity index (χ0v) is 15.3. The van der Waals surface area contributed by atoms with Gasteiger partial charge in [-0.15, -0.1) is 0 Å². The highest BCUT2D eigenvalue weighted by molar-refractivity contribution is 9.10. The van der Waals surface area contributed by atoms with Crippen molar-refractivity contribution in [2.45, 2.75) is 13.0 Å². The molecule has 0 fully saturated rings. The van der Waals surface area contributed by atoms with Gasteiger partial charge in [0.2, 0.25) is 0 Å². The van der Waals surface area contributed by atoms with Gasteiger partial charge >= 0.3 is 0 Å². The molecule has 0 saturated carbocycles. The molecule has 0 aliphatic rings. The molecule has 0 radical (unpaired) electrons. The quantitative estimate of drug-likeness (QED) is 0.500. The van der Waals surface area contributed by atoms with Crippen molar-refractivity contribution >= 4 is 68.0 Å². The molecule has 0 amide bonds. The Morgan fingerprint density at radius 1 is 1.05 bits per heavy atom. The Bertz CT molecular complexity index is 670.